The molecule has 0 saturated carbocycles. The highest BCUT2D eigenvalue weighted by Gasteiger charge is 2.05. The van der Waals surface area contributed by atoms with Crippen molar-refractivity contribution in [2.24, 2.45) is 0 Å². The maximum atomic E-state index is 2.36. The predicted octanol–water partition coefficient (Wildman–Crippen LogP) is 3.53. The molecule has 1 rings (SSSR count). The highest BCUT2D eigenvalue weighted by molar-refractivity contribution is 6.46. The standard InChI is InChI=1S/C11H18B/c1-3-5-6-10-7-8-11(9-10)12-4-2/h8-9H,3-7H2,1-2H3. The predicted molar refractivity (Wildman–Crippen MR) is 56.5 cm³/mol. The quantitative estimate of drug-likeness (QED) is 0.541. The van der Waals surface area contributed by atoms with E-state index in [0.717, 1.165) is 6.32 Å². The van der Waals surface area contributed by atoms with Crippen molar-refractivity contribution >= 4 is 7.28 Å². The Hall–Kier alpha value is -0.455. The Bertz CT molecular complexity index is 189. The molecule has 1 aliphatic carbocycles. The van der Waals surface area contributed by atoms with E-state index in [2.05, 4.69) is 33.3 Å². The smallest absolute Gasteiger partial charge is 0.0914 e. The lowest BCUT2D eigenvalue weighted by Gasteiger charge is -1.97. The first-order valence-electron chi connectivity index (χ1n) is 5.09. The summed E-state index contributed by atoms with van der Waals surface area (Å²) in [6, 6.07) is 0. The molecule has 0 amide bonds. The molecule has 0 atom stereocenters. The topological polar surface area (TPSA) is 0 Å². The maximum Gasteiger partial charge on any atom is 0.150 e. The normalized spacial score (nSPS) is 15.8. The fourth-order valence-corrected chi connectivity index (χ4v) is 1.56. The largest absolute Gasteiger partial charge is 0.150 e. The summed E-state index contributed by atoms with van der Waals surface area (Å²) in [6.45, 7) is 4.45. The summed E-state index contributed by atoms with van der Waals surface area (Å²) in [5.74, 6) is 0. The van der Waals surface area contributed by atoms with Crippen LogP contribution in [0.3, 0.4) is 0 Å². The van der Waals surface area contributed by atoms with Gasteiger partial charge in [0.2, 0.25) is 0 Å². The first-order valence-corrected chi connectivity index (χ1v) is 5.09. The second-order valence-electron chi connectivity index (χ2n) is 3.43. The zero-order valence-electron chi connectivity index (χ0n) is 8.27. The summed E-state index contributed by atoms with van der Waals surface area (Å²) in [6.07, 6.45) is 11.0. The molecule has 0 aromatic heterocycles. The van der Waals surface area contributed by atoms with Crippen LogP contribution < -0.4 is 0 Å². The van der Waals surface area contributed by atoms with Crippen LogP contribution in [-0.2, 0) is 0 Å². The van der Waals surface area contributed by atoms with Crippen molar-refractivity contribution in [2.75, 3.05) is 0 Å². The summed E-state index contributed by atoms with van der Waals surface area (Å²) < 4.78 is 0. The Morgan fingerprint density at radius 3 is 2.92 bits per heavy atom. The van der Waals surface area contributed by atoms with Crippen LogP contribution in [0.5, 0.6) is 0 Å². The molecule has 1 heteroatoms. The molecule has 65 valence electrons. The van der Waals surface area contributed by atoms with E-state index in [-0.39, 0.29) is 0 Å². The lowest BCUT2D eigenvalue weighted by atomic mass is 9.67. The Morgan fingerprint density at radius 1 is 1.42 bits per heavy atom. The van der Waals surface area contributed by atoms with Crippen LogP contribution in [0, 0.1) is 0 Å². The van der Waals surface area contributed by atoms with E-state index in [1.807, 2.05) is 0 Å². The van der Waals surface area contributed by atoms with Gasteiger partial charge in [0.25, 0.3) is 0 Å². The number of hydrogen-bond donors (Lipinski definition) is 0. The third-order valence-corrected chi connectivity index (χ3v) is 2.26. The van der Waals surface area contributed by atoms with Crippen LogP contribution in [0.25, 0.3) is 0 Å². The van der Waals surface area contributed by atoms with Crippen molar-refractivity contribution in [3.8, 4) is 0 Å². The molecule has 0 aromatic rings. The van der Waals surface area contributed by atoms with Gasteiger partial charge >= 0.3 is 0 Å². The molecule has 0 spiro atoms. The summed E-state index contributed by atoms with van der Waals surface area (Å²) in [5.41, 5.74) is 3.07. The van der Waals surface area contributed by atoms with Crippen LogP contribution >= 0.6 is 0 Å². The van der Waals surface area contributed by atoms with Gasteiger partial charge in [0, 0.05) is 0 Å². The minimum atomic E-state index is 1.16. The van der Waals surface area contributed by atoms with Crippen molar-refractivity contribution in [2.45, 2.75) is 45.9 Å². The molecule has 0 heterocycles. The molecule has 0 N–H and O–H groups in total. The van der Waals surface area contributed by atoms with Crippen molar-refractivity contribution in [1.82, 2.24) is 0 Å². The Morgan fingerprint density at radius 2 is 2.25 bits per heavy atom. The number of unbranched alkanes of at least 4 members (excludes halogenated alkanes) is 1. The maximum absolute atomic E-state index is 2.36. The number of hydrogen-bond acceptors (Lipinski definition) is 0. The van der Waals surface area contributed by atoms with Crippen LogP contribution in [0.4, 0.5) is 0 Å². The lowest BCUT2D eigenvalue weighted by molar-refractivity contribution is 0.779. The van der Waals surface area contributed by atoms with Crippen LogP contribution in [0.15, 0.2) is 23.2 Å². The fraction of sp³-hybridized carbons (Fsp3) is 0.636. The summed E-state index contributed by atoms with van der Waals surface area (Å²) in [7, 11) is 2.30. The summed E-state index contributed by atoms with van der Waals surface area (Å²) in [5, 5.41) is 0. The van der Waals surface area contributed by atoms with Crippen LogP contribution in [-0.4, -0.2) is 7.28 Å². The van der Waals surface area contributed by atoms with E-state index in [1.165, 1.54) is 31.2 Å². The first kappa shape index (κ1) is 9.63. The number of allylic oxidation sites excluding steroid dienone is 4. The van der Waals surface area contributed by atoms with Gasteiger partial charge in [0.05, 0.1) is 0 Å². The van der Waals surface area contributed by atoms with Crippen LogP contribution in [0.2, 0.25) is 6.32 Å². The van der Waals surface area contributed by atoms with Gasteiger partial charge in [-0.3, -0.25) is 0 Å². The Balaban J connectivity index is 2.28. The van der Waals surface area contributed by atoms with E-state index < -0.39 is 0 Å². The average Bonchev–Trinajstić information content (AvgIpc) is 2.50. The van der Waals surface area contributed by atoms with Gasteiger partial charge in [-0.2, -0.15) is 0 Å². The van der Waals surface area contributed by atoms with Gasteiger partial charge in [0.15, 0.2) is 7.28 Å². The van der Waals surface area contributed by atoms with E-state index in [0.29, 0.717) is 0 Å². The van der Waals surface area contributed by atoms with Crippen molar-refractivity contribution in [1.29, 1.82) is 0 Å². The second-order valence-corrected chi connectivity index (χ2v) is 3.43. The summed E-state index contributed by atoms with van der Waals surface area (Å²) >= 11 is 0. The molecule has 0 aromatic carbocycles. The Kier molecular flexibility index (Phi) is 4.20. The zero-order valence-corrected chi connectivity index (χ0v) is 8.27. The van der Waals surface area contributed by atoms with Gasteiger partial charge < -0.3 is 0 Å². The molecule has 0 nitrogen and oxygen atoms in total. The molecule has 1 radical (unpaired) electrons. The minimum absolute atomic E-state index is 1.16. The minimum Gasteiger partial charge on any atom is -0.0914 e. The van der Waals surface area contributed by atoms with Gasteiger partial charge in [-0.15, -0.1) is 0 Å². The SMILES string of the molecule is CC[B]C1=CCC(CCCC)=C1. The molecular weight excluding hydrogens is 143 g/mol. The zero-order chi connectivity index (χ0) is 8.81. The molecule has 0 fully saturated rings. The van der Waals surface area contributed by atoms with Gasteiger partial charge in [-0.25, -0.2) is 0 Å². The third kappa shape index (κ3) is 2.88. The van der Waals surface area contributed by atoms with E-state index in [1.54, 1.807) is 5.57 Å². The van der Waals surface area contributed by atoms with Crippen molar-refractivity contribution in [3.63, 3.8) is 0 Å². The fourth-order valence-electron chi connectivity index (χ4n) is 1.56. The van der Waals surface area contributed by atoms with Crippen molar-refractivity contribution < 1.29 is 0 Å². The number of rotatable bonds is 5. The summed E-state index contributed by atoms with van der Waals surface area (Å²) in [4.78, 5) is 0. The molecule has 0 unspecified atom stereocenters. The molecule has 0 aliphatic heterocycles. The van der Waals surface area contributed by atoms with E-state index in [4.69, 9.17) is 0 Å². The molecule has 1 aliphatic rings. The third-order valence-electron chi connectivity index (χ3n) is 2.26. The molecule has 12 heavy (non-hydrogen) atoms. The average molecular weight is 161 g/mol. The molecular formula is C11H18B. The molecule has 0 bridgehead atoms. The monoisotopic (exact) mass is 161 g/mol. The van der Waals surface area contributed by atoms with E-state index in [9.17, 15) is 0 Å². The highest BCUT2D eigenvalue weighted by atomic mass is 14.1. The van der Waals surface area contributed by atoms with E-state index >= 15 is 0 Å². The van der Waals surface area contributed by atoms with Crippen molar-refractivity contribution in [3.05, 3.63) is 23.2 Å². The van der Waals surface area contributed by atoms with Gasteiger partial charge in [0.1, 0.15) is 0 Å². The lowest BCUT2D eigenvalue weighted by Crippen LogP contribution is -1.87. The first-order chi connectivity index (χ1) is 5.86. The second kappa shape index (κ2) is 5.24. The van der Waals surface area contributed by atoms with Crippen LogP contribution in [0.1, 0.15) is 39.5 Å². The molecule has 0 saturated heterocycles. The Labute approximate surface area is 77.0 Å². The van der Waals surface area contributed by atoms with Gasteiger partial charge in [-0.05, 0) is 19.3 Å². The highest BCUT2D eigenvalue weighted by Crippen LogP contribution is 2.21. The van der Waals surface area contributed by atoms with Gasteiger partial charge in [-0.1, -0.05) is 49.8 Å².